The van der Waals surface area contributed by atoms with E-state index < -0.39 is 0 Å². The van der Waals surface area contributed by atoms with Crippen molar-refractivity contribution in [1.29, 1.82) is 0 Å². The van der Waals surface area contributed by atoms with Crippen LogP contribution in [0.1, 0.15) is 103 Å². The lowest BCUT2D eigenvalue weighted by atomic mass is 10.0. The Hall–Kier alpha value is -0.830. The average Bonchev–Trinajstić information content (AvgIpc) is 2.73. The van der Waals surface area contributed by atoms with Gasteiger partial charge in [0.15, 0.2) is 0 Å². The van der Waals surface area contributed by atoms with E-state index in [9.17, 15) is 0 Å². The first-order valence-corrected chi connectivity index (χ1v) is 12.4. The first-order valence-electron chi connectivity index (χ1n) is 11.7. The van der Waals surface area contributed by atoms with Gasteiger partial charge in [-0.2, -0.15) is 12.6 Å². The molecule has 0 aromatic heterocycles. The molecule has 0 saturated heterocycles. The molecule has 1 aromatic carbocycles. The molecule has 2 nitrogen and oxygen atoms in total. The number of hydrogen-bond acceptors (Lipinski definition) is 3. The minimum Gasteiger partial charge on any atom is -0.497 e. The molecule has 1 rings (SSSR count). The Bertz CT molecular complexity index is 433. The number of benzene rings is 1. The highest BCUT2D eigenvalue weighted by molar-refractivity contribution is 7.80. The van der Waals surface area contributed by atoms with E-state index in [0.717, 1.165) is 30.3 Å². The van der Waals surface area contributed by atoms with E-state index in [1.165, 1.54) is 96.3 Å². The lowest BCUT2D eigenvalue weighted by Crippen LogP contribution is -1.97. The Morgan fingerprint density at radius 2 is 0.893 bits per heavy atom. The van der Waals surface area contributed by atoms with Crippen LogP contribution in [-0.4, -0.2) is 19.5 Å². The number of ether oxygens (including phenoxy) is 2. The number of thiol groups is 1. The van der Waals surface area contributed by atoms with E-state index in [1.54, 1.807) is 7.11 Å². The predicted molar refractivity (Wildman–Crippen MR) is 126 cm³/mol. The van der Waals surface area contributed by atoms with Crippen molar-refractivity contribution < 1.29 is 9.47 Å². The zero-order chi connectivity index (χ0) is 20.1. The normalized spacial score (nSPS) is 10.9. The minimum absolute atomic E-state index is 0.821. The van der Waals surface area contributed by atoms with Crippen LogP contribution in [0.5, 0.6) is 11.5 Å². The quantitative estimate of drug-likeness (QED) is 0.173. The lowest BCUT2D eigenvalue weighted by molar-refractivity contribution is 0.303. The fourth-order valence-corrected chi connectivity index (χ4v) is 3.77. The monoisotopic (exact) mass is 408 g/mol. The number of unbranched alkanes of at least 4 members (excludes halogenated alkanes) is 15. The van der Waals surface area contributed by atoms with Crippen LogP contribution in [0.2, 0.25) is 0 Å². The number of rotatable bonds is 20. The molecule has 0 N–H and O–H groups in total. The van der Waals surface area contributed by atoms with Crippen molar-refractivity contribution in [2.45, 2.75) is 103 Å². The van der Waals surface area contributed by atoms with Gasteiger partial charge in [0, 0.05) is 0 Å². The third kappa shape index (κ3) is 15.1. The summed E-state index contributed by atoms with van der Waals surface area (Å²) in [4.78, 5) is 0. The maximum Gasteiger partial charge on any atom is 0.119 e. The molecule has 162 valence electrons. The van der Waals surface area contributed by atoms with Crippen LogP contribution in [0.15, 0.2) is 24.3 Å². The fourth-order valence-electron chi connectivity index (χ4n) is 3.55. The van der Waals surface area contributed by atoms with Gasteiger partial charge in [-0.25, -0.2) is 0 Å². The Balaban J connectivity index is 1.74. The van der Waals surface area contributed by atoms with Gasteiger partial charge in [0.25, 0.3) is 0 Å². The summed E-state index contributed by atoms with van der Waals surface area (Å²) in [6.45, 7) is 0.821. The molecule has 3 heteroatoms. The van der Waals surface area contributed by atoms with E-state index in [-0.39, 0.29) is 0 Å². The highest BCUT2D eigenvalue weighted by atomic mass is 32.1. The summed E-state index contributed by atoms with van der Waals surface area (Å²) in [6, 6.07) is 7.84. The summed E-state index contributed by atoms with van der Waals surface area (Å²) in [5.41, 5.74) is 0. The Morgan fingerprint density at radius 1 is 0.536 bits per heavy atom. The molecule has 28 heavy (non-hydrogen) atoms. The molecule has 0 aliphatic rings. The Morgan fingerprint density at radius 3 is 1.29 bits per heavy atom. The summed E-state index contributed by atoms with van der Waals surface area (Å²) in [5, 5.41) is 0. The van der Waals surface area contributed by atoms with Crippen molar-refractivity contribution in [2.24, 2.45) is 0 Å². The van der Waals surface area contributed by atoms with Gasteiger partial charge in [0.2, 0.25) is 0 Å². The summed E-state index contributed by atoms with van der Waals surface area (Å²) < 4.78 is 10.9. The van der Waals surface area contributed by atoms with Gasteiger partial charge in [0.1, 0.15) is 11.5 Å². The van der Waals surface area contributed by atoms with Crippen molar-refractivity contribution >= 4 is 12.6 Å². The molecule has 0 amide bonds. The maximum atomic E-state index is 5.77. The minimum atomic E-state index is 0.821. The van der Waals surface area contributed by atoms with Gasteiger partial charge in [-0.05, 0) is 42.9 Å². The van der Waals surface area contributed by atoms with Crippen LogP contribution < -0.4 is 9.47 Å². The summed E-state index contributed by atoms with van der Waals surface area (Å²) in [6.07, 6.45) is 22.1. The SMILES string of the molecule is COc1ccc(OCCCCCCCCCCCCCCCCCCS)cc1. The summed E-state index contributed by atoms with van der Waals surface area (Å²) in [5.74, 6) is 2.87. The van der Waals surface area contributed by atoms with Gasteiger partial charge < -0.3 is 9.47 Å². The largest absolute Gasteiger partial charge is 0.497 e. The second-order valence-corrected chi connectivity index (χ2v) is 8.35. The number of hydrogen-bond donors (Lipinski definition) is 1. The lowest BCUT2D eigenvalue weighted by Gasteiger charge is -2.07. The smallest absolute Gasteiger partial charge is 0.119 e. The van der Waals surface area contributed by atoms with Crippen LogP contribution in [0.4, 0.5) is 0 Å². The van der Waals surface area contributed by atoms with Gasteiger partial charge in [0.05, 0.1) is 13.7 Å². The third-order valence-corrected chi connectivity index (χ3v) is 5.70. The van der Waals surface area contributed by atoms with E-state index in [4.69, 9.17) is 9.47 Å². The summed E-state index contributed by atoms with van der Waals surface area (Å²) in [7, 11) is 1.69. The topological polar surface area (TPSA) is 18.5 Å². The van der Waals surface area contributed by atoms with E-state index in [2.05, 4.69) is 12.6 Å². The average molecular weight is 409 g/mol. The van der Waals surface area contributed by atoms with Crippen molar-refractivity contribution in [3.05, 3.63) is 24.3 Å². The maximum absolute atomic E-state index is 5.77. The van der Waals surface area contributed by atoms with Crippen LogP contribution in [0.3, 0.4) is 0 Å². The van der Waals surface area contributed by atoms with Crippen molar-refractivity contribution in [1.82, 2.24) is 0 Å². The van der Waals surface area contributed by atoms with Crippen LogP contribution in [0.25, 0.3) is 0 Å². The predicted octanol–water partition coefficient (Wildman–Crippen LogP) is 8.25. The third-order valence-electron chi connectivity index (χ3n) is 5.38. The molecule has 0 bridgehead atoms. The second-order valence-electron chi connectivity index (χ2n) is 7.90. The van der Waals surface area contributed by atoms with Gasteiger partial charge in [-0.1, -0.05) is 89.9 Å². The molecule has 0 heterocycles. The van der Waals surface area contributed by atoms with E-state index in [1.807, 2.05) is 24.3 Å². The zero-order valence-electron chi connectivity index (χ0n) is 18.3. The molecule has 0 atom stereocenters. The number of methoxy groups -OCH3 is 1. The highest BCUT2D eigenvalue weighted by Gasteiger charge is 1.97. The molecule has 0 aliphatic heterocycles. The highest BCUT2D eigenvalue weighted by Crippen LogP contribution is 2.18. The fraction of sp³-hybridized carbons (Fsp3) is 0.760. The molecule has 0 spiro atoms. The second kappa shape index (κ2) is 19.5. The van der Waals surface area contributed by atoms with Crippen molar-refractivity contribution in [3.8, 4) is 11.5 Å². The molecular weight excluding hydrogens is 364 g/mol. The van der Waals surface area contributed by atoms with Crippen LogP contribution >= 0.6 is 12.6 Å². The van der Waals surface area contributed by atoms with E-state index >= 15 is 0 Å². The Kier molecular flexibility index (Phi) is 17.5. The molecule has 0 radical (unpaired) electrons. The standard InChI is InChI=1S/C25H44O2S/c1-26-24-18-20-25(21-19-24)27-22-16-14-12-10-8-6-4-2-3-5-7-9-11-13-15-17-23-28/h18-21,28H,2-17,22-23H2,1H3. The zero-order valence-corrected chi connectivity index (χ0v) is 19.2. The first-order chi connectivity index (χ1) is 13.9. The molecule has 0 saturated carbocycles. The van der Waals surface area contributed by atoms with Crippen LogP contribution in [-0.2, 0) is 0 Å². The van der Waals surface area contributed by atoms with Gasteiger partial charge in [-0.15, -0.1) is 0 Å². The molecule has 0 aliphatic carbocycles. The Labute approximate surface area is 180 Å². The first kappa shape index (κ1) is 25.2. The molecule has 1 aromatic rings. The van der Waals surface area contributed by atoms with Crippen LogP contribution in [0, 0.1) is 0 Å². The van der Waals surface area contributed by atoms with E-state index in [0.29, 0.717) is 0 Å². The van der Waals surface area contributed by atoms with Gasteiger partial charge in [-0.3, -0.25) is 0 Å². The van der Waals surface area contributed by atoms with Crippen molar-refractivity contribution in [3.63, 3.8) is 0 Å². The summed E-state index contributed by atoms with van der Waals surface area (Å²) >= 11 is 4.26. The van der Waals surface area contributed by atoms with Crippen molar-refractivity contribution in [2.75, 3.05) is 19.5 Å². The molecule has 0 unspecified atom stereocenters. The molecular formula is C25H44O2S. The molecule has 0 fully saturated rings. The van der Waals surface area contributed by atoms with Gasteiger partial charge >= 0.3 is 0 Å².